The Hall–Kier alpha value is -2.35. The van der Waals surface area contributed by atoms with Crippen molar-refractivity contribution in [2.45, 2.75) is 38.1 Å². The van der Waals surface area contributed by atoms with Gasteiger partial charge in [0.2, 0.25) is 5.91 Å². The molecule has 7 nitrogen and oxygen atoms in total. The molecule has 2 aliphatic carbocycles. The summed E-state index contributed by atoms with van der Waals surface area (Å²) >= 11 is 5.75. The minimum atomic E-state index is -0.356. The van der Waals surface area contributed by atoms with Gasteiger partial charge in [0.25, 0.3) is 5.91 Å². The third kappa shape index (κ3) is 4.22. The first-order chi connectivity index (χ1) is 15.0. The summed E-state index contributed by atoms with van der Waals surface area (Å²) in [4.78, 5) is 28.7. The largest absolute Gasteiger partial charge is 0.459 e. The number of fused-ring (bicyclic) bond motifs is 2. The summed E-state index contributed by atoms with van der Waals surface area (Å²) in [6, 6.07) is 3.74. The fourth-order valence-electron chi connectivity index (χ4n) is 5.71. The number of carbonyl (C=O) groups excluding carboxylic acids is 2. The summed E-state index contributed by atoms with van der Waals surface area (Å²) in [5, 5.41) is 7.19. The molecule has 2 N–H and O–H groups in total. The van der Waals surface area contributed by atoms with E-state index in [9.17, 15) is 9.59 Å². The van der Waals surface area contributed by atoms with Crippen molar-refractivity contribution in [1.82, 2.24) is 20.4 Å². The molecule has 3 unspecified atom stereocenters. The Bertz CT molecular complexity index is 875. The van der Waals surface area contributed by atoms with Gasteiger partial charge in [-0.25, -0.2) is 0 Å². The fraction of sp³-hybridized carbons (Fsp3) is 0.609. The molecule has 2 aliphatic heterocycles. The second kappa shape index (κ2) is 8.30. The molecule has 8 heteroatoms. The normalized spacial score (nSPS) is 28.3. The van der Waals surface area contributed by atoms with Crippen LogP contribution in [0.1, 0.15) is 42.7 Å². The van der Waals surface area contributed by atoms with Crippen molar-refractivity contribution < 1.29 is 14.0 Å². The van der Waals surface area contributed by atoms with Crippen LogP contribution in [0.2, 0.25) is 0 Å². The summed E-state index contributed by atoms with van der Waals surface area (Å²) in [5.41, 5.74) is 0.245. The lowest BCUT2D eigenvalue weighted by Gasteiger charge is -2.39. The van der Waals surface area contributed by atoms with E-state index in [1.807, 2.05) is 4.90 Å². The molecule has 1 aromatic rings. The molecular weight excluding hydrogens is 412 g/mol. The first-order valence-corrected chi connectivity index (χ1v) is 11.8. The number of hydrogen-bond acceptors (Lipinski definition) is 4. The van der Waals surface area contributed by atoms with Gasteiger partial charge in [-0.05, 0) is 73.7 Å². The quantitative estimate of drug-likeness (QED) is 0.550. The average molecular weight is 443 g/mol. The summed E-state index contributed by atoms with van der Waals surface area (Å²) in [6.07, 6.45) is 11.7. The van der Waals surface area contributed by atoms with Gasteiger partial charge in [-0.1, -0.05) is 12.2 Å². The van der Waals surface area contributed by atoms with E-state index >= 15 is 0 Å². The molecule has 166 valence electrons. The Morgan fingerprint density at radius 2 is 1.90 bits per heavy atom. The van der Waals surface area contributed by atoms with Crippen molar-refractivity contribution in [1.29, 1.82) is 0 Å². The van der Waals surface area contributed by atoms with Crippen molar-refractivity contribution in [3.63, 3.8) is 0 Å². The summed E-state index contributed by atoms with van der Waals surface area (Å²) < 4.78 is 5.06. The second-order valence-corrected chi connectivity index (χ2v) is 9.94. The molecular formula is C23H30N4O3S. The highest BCUT2D eigenvalue weighted by Crippen LogP contribution is 2.41. The highest BCUT2D eigenvalue weighted by molar-refractivity contribution is 7.80. The molecule has 1 aromatic heterocycles. The Balaban J connectivity index is 1.07. The van der Waals surface area contributed by atoms with Gasteiger partial charge in [0.05, 0.1) is 12.8 Å². The van der Waals surface area contributed by atoms with E-state index in [-0.39, 0.29) is 29.5 Å². The van der Waals surface area contributed by atoms with E-state index in [0.29, 0.717) is 12.0 Å². The zero-order valence-electron chi connectivity index (χ0n) is 17.7. The van der Waals surface area contributed by atoms with E-state index in [2.05, 4.69) is 27.7 Å². The Morgan fingerprint density at radius 1 is 1.13 bits per heavy atom. The summed E-state index contributed by atoms with van der Waals surface area (Å²) in [7, 11) is 0. The smallest absolute Gasteiger partial charge is 0.287 e. The van der Waals surface area contributed by atoms with Gasteiger partial charge in [0.15, 0.2) is 10.9 Å². The molecule has 4 aliphatic rings. The molecule has 31 heavy (non-hydrogen) atoms. The third-order valence-electron chi connectivity index (χ3n) is 7.64. The van der Waals surface area contributed by atoms with Gasteiger partial charge in [-0.3, -0.25) is 9.59 Å². The Kier molecular flexibility index (Phi) is 5.50. The minimum Gasteiger partial charge on any atom is -0.459 e. The van der Waals surface area contributed by atoms with Crippen LogP contribution in [0.3, 0.4) is 0 Å². The summed E-state index contributed by atoms with van der Waals surface area (Å²) in [6.45, 7) is 3.45. The number of nitrogens with zero attached hydrogens (tertiary/aromatic N) is 2. The van der Waals surface area contributed by atoms with E-state index < -0.39 is 0 Å². The maximum Gasteiger partial charge on any atom is 0.287 e. The van der Waals surface area contributed by atoms with Crippen LogP contribution in [0.5, 0.6) is 0 Å². The minimum absolute atomic E-state index is 0.00462. The number of thiocarbonyl (C=S) groups is 1. The monoisotopic (exact) mass is 442 g/mol. The number of hydrogen-bond donors (Lipinski definition) is 2. The molecule has 3 fully saturated rings. The van der Waals surface area contributed by atoms with E-state index in [4.69, 9.17) is 16.6 Å². The molecule has 5 rings (SSSR count). The maximum absolute atomic E-state index is 12.5. The zero-order valence-corrected chi connectivity index (χ0v) is 18.5. The van der Waals surface area contributed by atoms with Crippen molar-refractivity contribution in [3.05, 3.63) is 36.3 Å². The van der Waals surface area contributed by atoms with Crippen LogP contribution in [-0.2, 0) is 4.79 Å². The standard InChI is InChI=1S/C23H30N4O3S/c28-20(14-24-21(29)19-2-1-11-30-19)26-8-5-23(6-9-26)7-10-27(15-23)22(31)25-18-13-16-3-4-17(18)12-16/h1-4,11,16-18H,5-10,12-15H2,(H,24,29)(H,25,31). The number of furan rings is 1. The predicted molar refractivity (Wildman–Crippen MR) is 120 cm³/mol. The Morgan fingerprint density at radius 3 is 2.55 bits per heavy atom. The van der Waals surface area contributed by atoms with Gasteiger partial charge >= 0.3 is 0 Å². The molecule has 2 saturated heterocycles. The van der Waals surface area contributed by atoms with E-state index in [1.165, 1.54) is 19.1 Å². The molecule has 3 heterocycles. The number of allylic oxidation sites excluding steroid dienone is 1. The van der Waals surface area contributed by atoms with E-state index in [1.54, 1.807) is 12.1 Å². The van der Waals surface area contributed by atoms with Gasteiger partial charge in [-0.15, -0.1) is 0 Å². The van der Waals surface area contributed by atoms with Gasteiger partial charge < -0.3 is 24.9 Å². The van der Waals surface area contributed by atoms with Crippen molar-refractivity contribution in [2.75, 3.05) is 32.7 Å². The van der Waals surface area contributed by atoms with Crippen molar-refractivity contribution in [3.8, 4) is 0 Å². The van der Waals surface area contributed by atoms with E-state index in [0.717, 1.165) is 56.5 Å². The zero-order chi connectivity index (χ0) is 21.4. The topological polar surface area (TPSA) is 77.8 Å². The maximum atomic E-state index is 12.5. The fourth-order valence-corrected chi connectivity index (χ4v) is 6.01. The van der Waals surface area contributed by atoms with Crippen LogP contribution < -0.4 is 10.6 Å². The number of carbonyl (C=O) groups is 2. The lowest BCUT2D eigenvalue weighted by atomic mass is 9.78. The number of piperidine rings is 1. The number of likely N-dealkylation sites (tertiary alicyclic amines) is 2. The molecule has 2 bridgehead atoms. The van der Waals surface area contributed by atoms with Gasteiger partial charge in [-0.2, -0.15) is 0 Å². The molecule has 1 saturated carbocycles. The van der Waals surface area contributed by atoms with Crippen LogP contribution in [0.15, 0.2) is 35.0 Å². The predicted octanol–water partition coefficient (Wildman–Crippen LogP) is 2.16. The lowest BCUT2D eigenvalue weighted by molar-refractivity contribution is -0.132. The number of nitrogens with one attached hydrogen (secondary N) is 2. The number of amides is 2. The molecule has 1 spiro atoms. The van der Waals surface area contributed by atoms with Crippen LogP contribution in [0.25, 0.3) is 0 Å². The molecule has 2 amide bonds. The first-order valence-electron chi connectivity index (χ1n) is 11.3. The highest BCUT2D eigenvalue weighted by Gasteiger charge is 2.43. The molecule has 0 radical (unpaired) electrons. The average Bonchev–Trinajstić information content (AvgIpc) is 3.57. The van der Waals surface area contributed by atoms with Gasteiger partial charge in [0, 0.05) is 32.2 Å². The van der Waals surface area contributed by atoms with Crippen molar-refractivity contribution >= 4 is 29.1 Å². The SMILES string of the molecule is O=C(NCC(=O)N1CCC2(CC1)CCN(C(=S)NC1CC3C=CC1C3)C2)c1ccco1. The third-order valence-corrected chi connectivity index (χ3v) is 8.01. The van der Waals surface area contributed by atoms with Crippen LogP contribution in [0.4, 0.5) is 0 Å². The summed E-state index contributed by atoms with van der Waals surface area (Å²) in [5.74, 6) is 1.21. The van der Waals surface area contributed by atoms with Crippen LogP contribution in [-0.4, -0.2) is 65.5 Å². The highest BCUT2D eigenvalue weighted by atomic mass is 32.1. The van der Waals surface area contributed by atoms with Crippen molar-refractivity contribution in [2.24, 2.45) is 17.3 Å². The lowest BCUT2D eigenvalue weighted by Crippen LogP contribution is -2.49. The Labute approximate surface area is 188 Å². The van der Waals surface area contributed by atoms with Gasteiger partial charge in [0.1, 0.15) is 0 Å². The van der Waals surface area contributed by atoms with Crippen LogP contribution in [0, 0.1) is 17.3 Å². The number of rotatable bonds is 4. The van der Waals surface area contributed by atoms with Crippen LogP contribution >= 0.6 is 12.2 Å². The molecule has 0 aromatic carbocycles. The molecule has 3 atom stereocenters. The first kappa shape index (κ1) is 20.5. The second-order valence-electron chi connectivity index (χ2n) is 9.55.